The Morgan fingerprint density at radius 3 is 2.86 bits per heavy atom. The summed E-state index contributed by atoms with van der Waals surface area (Å²) in [6.45, 7) is 0.264. The van der Waals surface area contributed by atoms with Gasteiger partial charge in [-0.3, -0.25) is 0 Å². The molecule has 1 aromatic carbocycles. The summed E-state index contributed by atoms with van der Waals surface area (Å²) in [7, 11) is -3.60. The average molecular weight is 309 g/mol. The van der Waals surface area contributed by atoms with Crippen LogP contribution in [-0.2, 0) is 10.0 Å². The Balaban J connectivity index is 2.29. The van der Waals surface area contributed by atoms with Gasteiger partial charge in [0, 0.05) is 24.6 Å². The summed E-state index contributed by atoms with van der Waals surface area (Å²) in [5.74, 6) is 5.60. The molecule has 1 atom stereocenters. The topological polar surface area (TPSA) is 77.8 Å². The van der Waals surface area contributed by atoms with Crippen molar-refractivity contribution in [1.82, 2.24) is 4.31 Å². The molecule has 0 aromatic heterocycles. The molecule has 1 aliphatic heterocycles. The van der Waals surface area contributed by atoms with Gasteiger partial charge in [-0.05, 0) is 31.0 Å². The fourth-order valence-corrected chi connectivity index (χ4v) is 4.13. The predicted molar refractivity (Wildman–Crippen MR) is 79.0 cm³/mol. The minimum absolute atomic E-state index is 0.0169. The van der Waals surface area contributed by atoms with Gasteiger partial charge in [0.1, 0.15) is 0 Å². The first-order valence-electron chi connectivity index (χ1n) is 6.92. The van der Waals surface area contributed by atoms with E-state index in [1.807, 2.05) is 0 Å². The van der Waals surface area contributed by atoms with Gasteiger partial charge in [-0.1, -0.05) is 17.9 Å². The van der Waals surface area contributed by atoms with Gasteiger partial charge in [0.05, 0.1) is 18.1 Å². The van der Waals surface area contributed by atoms with Crippen LogP contribution in [0.2, 0.25) is 0 Å². The van der Waals surface area contributed by atoms with Gasteiger partial charge in [0.25, 0.3) is 0 Å². The van der Waals surface area contributed by atoms with E-state index < -0.39 is 10.0 Å². The first-order valence-corrected chi connectivity index (χ1v) is 8.36. The number of rotatable bonds is 4. The van der Waals surface area contributed by atoms with Crippen molar-refractivity contribution >= 4 is 10.0 Å². The van der Waals surface area contributed by atoms with Crippen LogP contribution >= 0.6 is 0 Å². The van der Waals surface area contributed by atoms with E-state index in [2.05, 4.69) is 11.8 Å². The monoisotopic (exact) mass is 309 g/mol. The van der Waals surface area contributed by atoms with E-state index in [-0.39, 0.29) is 24.2 Å². The third-order valence-electron chi connectivity index (χ3n) is 3.44. The van der Waals surface area contributed by atoms with Gasteiger partial charge in [-0.2, -0.15) is 4.31 Å². The highest BCUT2D eigenvalue weighted by atomic mass is 32.2. The highest BCUT2D eigenvalue weighted by Crippen LogP contribution is 2.26. The zero-order valence-electron chi connectivity index (χ0n) is 11.7. The number of aliphatic hydroxyl groups excluding tert-OH is 2. The summed E-state index contributed by atoms with van der Waals surface area (Å²) < 4.78 is 26.6. The highest BCUT2D eigenvalue weighted by Gasteiger charge is 2.34. The molecule has 0 aliphatic carbocycles. The van der Waals surface area contributed by atoms with Crippen molar-refractivity contribution in [3.8, 4) is 11.8 Å². The summed E-state index contributed by atoms with van der Waals surface area (Å²) >= 11 is 0. The van der Waals surface area contributed by atoms with Gasteiger partial charge in [0.2, 0.25) is 10.0 Å². The maximum absolute atomic E-state index is 12.6. The van der Waals surface area contributed by atoms with Gasteiger partial charge in [-0.15, -0.1) is 0 Å². The van der Waals surface area contributed by atoms with E-state index in [4.69, 9.17) is 5.11 Å². The molecule has 0 spiro atoms. The molecule has 0 radical (unpaired) electrons. The molecule has 114 valence electrons. The zero-order valence-corrected chi connectivity index (χ0v) is 12.5. The minimum atomic E-state index is -3.60. The zero-order chi connectivity index (χ0) is 15.3. The lowest BCUT2D eigenvalue weighted by Crippen LogP contribution is -2.37. The normalized spacial score (nSPS) is 19.2. The lowest BCUT2D eigenvalue weighted by Gasteiger charge is -2.22. The Morgan fingerprint density at radius 2 is 2.14 bits per heavy atom. The molecule has 2 N–H and O–H groups in total. The van der Waals surface area contributed by atoms with Crippen LogP contribution in [0.5, 0.6) is 0 Å². The number of aliphatic hydroxyl groups is 2. The molecule has 1 unspecified atom stereocenters. The van der Waals surface area contributed by atoms with Crippen LogP contribution < -0.4 is 0 Å². The van der Waals surface area contributed by atoms with Crippen LogP contribution in [0.1, 0.15) is 24.8 Å². The fourth-order valence-electron chi connectivity index (χ4n) is 2.40. The quantitative estimate of drug-likeness (QED) is 0.797. The second-order valence-electron chi connectivity index (χ2n) is 4.90. The first kappa shape index (κ1) is 16.0. The molecular weight excluding hydrogens is 290 g/mol. The van der Waals surface area contributed by atoms with Crippen molar-refractivity contribution in [2.45, 2.75) is 30.2 Å². The Hall–Kier alpha value is -1.39. The molecule has 5 nitrogen and oxygen atoms in total. The van der Waals surface area contributed by atoms with E-state index >= 15 is 0 Å². The average Bonchev–Trinajstić information content (AvgIpc) is 2.97. The van der Waals surface area contributed by atoms with Crippen molar-refractivity contribution in [3.05, 3.63) is 29.8 Å². The van der Waals surface area contributed by atoms with E-state index in [0.717, 1.165) is 6.42 Å². The third-order valence-corrected chi connectivity index (χ3v) is 5.39. The van der Waals surface area contributed by atoms with Crippen LogP contribution in [0, 0.1) is 11.8 Å². The summed E-state index contributed by atoms with van der Waals surface area (Å²) in [4.78, 5) is 0.193. The Bertz CT molecular complexity index is 645. The summed E-state index contributed by atoms with van der Waals surface area (Å²) in [6, 6.07) is 6.13. The predicted octanol–water partition coefficient (Wildman–Crippen LogP) is 0.566. The Kier molecular flexibility index (Phi) is 5.37. The Morgan fingerprint density at radius 1 is 1.33 bits per heavy atom. The molecule has 1 fully saturated rings. The van der Waals surface area contributed by atoms with Crippen LogP contribution in [0.25, 0.3) is 0 Å². The van der Waals surface area contributed by atoms with Crippen LogP contribution in [0.15, 0.2) is 29.2 Å². The lowest BCUT2D eigenvalue weighted by atomic mass is 10.2. The van der Waals surface area contributed by atoms with Crippen molar-refractivity contribution in [2.24, 2.45) is 0 Å². The maximum atomic E-state index is 12.6. The molecule has 0 bridgehead atoms. The van der Waals surface area contributed by atoms with E-state index in [9.17, 15) is 13.5 Å². The molecule has 1 saturated heterocycles. The molecule has 21 heavy (non-hydrogen) atoms. The minimum Gasteiger partial charge on any atom is -0.395 e. The summed E-state index contributed by atoms with van der Waals surface area (Å²) in [5, 5.41) is 18.0. The third kappa shape index (κ3) is 3.63. The number of nitrogens with zero attached hydrogens (tertiary/aromatic N) is 1. The van der Waals surface area contributed by atoms with Crippen molar-refractivity contribution in [3.63, 3.8) is 0 Å². The standard InChI is InChI=1S/C15H19NO4S/c17-10-2-1-5-13-6-3-8-15(11-13)21(19,20)16-9-4-7-14(16)12-18/h3,6,8,11,14,17-18H,2,4,7,9-10,12H2. The second kappa shape index (κ2) is 7.05. The molecular formula is C15H19NO4S. The van der Waals surface area contributed by atoms with Crippen molar-refractivity contribution < 1.29 is 18.6 Å². The van der Waals surface area contributed by atoms with Crippen LogP contribution in [-0.4, -0.2) is 48.7 Å². The van der Waals surface area contributed by atoms with Crippen LogP contribution in [0.4, 0.5) is 0 Å². The van der Waals surface area contributed by atoms with Crippen molar-refractivity contribution in [1.29, 1.82) is 0 Å². The second-order valence-corrected chi connectivity index (χ2v) is 6.79. The van der Waals surface area contributed by atoms with Gasteiger partial charge in [-0.25, -0.2) is 8.42 Å². The molecule has 6 heteroatoms. The fraction of sp³-hybridized carbons (Fsp3) is 0.467. The maximum Gasteiger partial charge on any atom is 0.243 e. The molecule has 0 amide bonds. The molecule has 1 aliphatic rings. The summed E-state index contributed by atoms with van der Waals surface area (Å²) in [5.41, 5.74) is 0.601. The van der Waals surface area contributed by atoms with Crippen molar-refractivity contribution in [2.75, 3.05) is 19.8 Å². The molecule has 0 saturated carbocycles. The molecule has 2 rings (SSSR count). The highest BCUT2D eigenvalue weighted by molar-refractivity contribution is 7.89. The Labute approximate surface area is 125 Å². The van der Waals surface area contributed by atoms with Crippen LogP contribution in [0.3, 0.4) is 0 Å². The van der Waals surface area contributed by atoms with Gasteiger partial charge in [0.15, 0.2) is 0 Å². The van der Waals surface area contributed by atoms with Gasteiger partial charge >= 0.3 is 0 Å². The first-order chi connectivity index (χ1) is 10.1. The summed E-state index contributed by atoms with van der Waals surface area (Å²) in [6.07, 6.45) is 1.81. The van der Waals surface area contributed by atoms with E-state index in [0.29, 0.717) is 24.9 Å². The largest absolute Gasteiger partial charge is 0.395 e. The molecule has 1 aromatic rings. The SMILES string of the molecule is O=S(=O)(c1cccc(C#CCCO)c1)N1CCCC1CO. The number of sulfonamides is 1. The van der Waals surface area contributed by atoms with Gasteiger partial charge < -0.3 is 10.2 Å². The van der Waals surface area contributed by atoms with E-state index in [1.54, 1.807) is 18.2 Å². The lowest BCUT2D eigenvalue weighted by molar-refractivity contribution is 0.213. The number of benzene rings is 1. The number of hydrogen-bond acceptors (Lipinski definition) is 4. The number of hydrogen-bond donors (Lipinski definition) is 2. The molecule has 1 heterocycles. The van der Waals surface area contributed by atoms with E-state index in [1.165, 1.54) is 10.4 Å². The smallest absolute Gasteiger partial charge is 0.243 e.